The SMILES string of the molecule is CCNC(c1ccc(F)cc1Br)c1cc(Cl)ccc1OC. The molecule has 0 fully saturated rings. The maximum Gasteiger partial charge on any atom is 0.124 e. The van der Waals surface area contributed by atoms with Crippen molar-refractivity contribution in [1.29, 1.82) is 0 Å². The number of methoxy groups -OCH3 is 1. The zero-order chi connectivity index (χ0) is 15.4. The minimum atomic E-state index is -0.279. The molecule has 21 heavy (non-hydrogen) atoms. The van der Waals surface area contributed by atoms with E-state index in [1.54, 1.807) is 19.2 Å². The van der Waals surface area contributed by atoms with Gasteiger partial charge in [0.05, 0.1) is 13.2 Å². The van der Waals surface area contributed by atoms with Gasteiger partial charge in [-0.1, -0.05) is 40.5 Å². The van der Waals surface area contributed by atoms with Crippen molar-refractivity contribution >= 4 is 27.5 Å². The molecule has 0 bridgehead atoms. The normalized spacial score (nSPS) is 12.2. The molecule has 0 radical (unpaired) electrons. The summed E-state index contributed by atoms with van der Waals surface area (Å²) in [5.74, 6) is 0.459. The van der Waals surface area contributed by atoms with Crippen LogP contribution in [0.15, 0.2) is 40.9 Å². The number of hydrogen-bond donors (Lipinski definition) is 1. The molecule has 0 aliphatic rings. The van der Waals surface area contributed by atoms with Crippen LogP contribution in [0.1, 0.15) is 24.1 Å². The van der Waals surface area contributed by atoms with E-state index in [1.165, 1.54) is 12.1 Å². The molecule has 112 valence electrons. The number of rotatable bonds is 5. The van der Waals surface area contributed by atoms with Crippen LogP contribution in [-0.2, 0) is 0 Å². The first kappa shape index (κ1) is 16.3. The zero-order valence-corrected chi connectivity index (χ0v) is 14.1. The summed E-state index contributed by atoms with van der Waals surface area (Å²) in [6.45, 7) is 2.77. The molecule has 1 atom stereocenters. The molecule has 0 spiro atoms. The monoisotopic (exact) mass is 371 g/mol. The Hall–Kier alpha value is -1.10. The molecule has 0 aromatic heterocycles. The van der Waals surface area contributed by atoms with Crippen molar-refractivity contribution < 1.29 is 9.13 Å². The van der Waals surface area contributed by atoms with E-state index in [-0.39, 0.29) is 11.9 Å². The minimum Gasteiger partial charge on any atom is -0.496 e. The van der Waals surface area contributed by atoms with E-state index in [0.29, 0.717) is 9.50 Å². The van der Waals surface area contributed by atoms with E-state index in [2.05, 4.69) is 21.2 Å². The fourth-order valence-corrected chi connectivity index (χ4v) is 3.02. The fourth-order valence-electron chi connectivity index (χ4n) is 2.26. The van der Waals surface area contributed by atoms with Gasteiger partial charge in [0, 0.05) is 15.1 Å². The summed E-state index contributed by atoms with van der Waals surface area (Å²) in [6.07, 6.45) is 0. The number of ether oxygens (including phenoxy) is 1. The van der Waals surface area contributed by atoms with Crippen molar-refractivity contribution in [3.05, 3.63) is 62.8 Å². The quantitative estimate of drug-likeness (QED) is 0.802. The largest absolute Gasteiger partial charge is 0.496 e. The van der Waals surface area contributed by atoms with E-state index in [4.69, 9.17) is 16.3 Å². The molecule has 1 unspecified atom stereocenters. The Morgan fingerprint density at radius 3 is 2.62 bits per heavy atom. The Morgan fingerprint density at radius 1 is 1.24 bits per heavy atom. The summed E-state index contributed by atoms with van der Waals surface area (Å²) >= 11 is 9.54. The lowest BCUT2D eigenvalue weighted by Gasteiger charge is -2.22. The molecule has 0 amide bonds. The van der Waals surface area contributed by atoms with Crippen LogP contribution in [0.25, 0.3) is 0 Å². The van der Waals surface area contributed by atoms with E-state index in [0.717, 1.165) is 23.4 Å². The lowest BCUT2D eigenvalue weighted by Crippen LogP contribution is -2.23. The maximum atomic E-state index is 13.3. The van der Waals surface area contributed by atoms with Crippen molar-refractivity contribution in [2.45, 2.75) is 13.0 Å². The summed E-state index contributed by atoms with van der Waals surface area (Å²) in [6, 6.07) is 10.00. The first-order chi connectivity index (χ1) is 10.1. The number of halogens is 3. The van der Waals surface area contributed by atoms with Gasteiger partial charge in [-0.3, -0.25) is 0 Å². The van der Waals surface area contributed by atoms with Crippen molar-refractivity contribution in [2.24, 2.45) is 0 Å². The number of benzene rings is 2. The average molecular weight is 373 g/mol. The topological polar surface area (TPSA) is 21.3 Å². The van der Waals surface area contributed by atoms with Crippen LogP contribution >= 0.6 is 27.5 Å². The molecule has 5 heteroatoms. The van der Waals surface area contributed by atoms with Crippen LogP contribution in [0.2, 0.25) is 5.02 Å². The fraction of sp³-hybridized carbons (Fsp3) is 0.250. The van der Waals surface area contributed by atoms with E-state index >= 15 is 0 Å². The van der Waals surface area contributed by atoms with Crippen molar-refractivity contribution in [3.8, 4) is 5.75 Å². The van der Waals surface area contributed by atoms with E-state index in [1.807, 2.05) is 19.1 Å². The minimum absolute atomic E-state index is 0.140. The van der Waals surface area contributed by atoms with Gasteiger partial charge in [-0.25, -0.2) is 4.39 Å². The highest BCUT2D eigenvalue weighted by molar-refractivity contribution is 9.10. The van der Waals surface area contributed by atoms with E-state index in [9.17, 15) is 4.39 Å². The predicted octanol–water partition coefficient (Wildman–Crippen LogP) is 4.95. The Bertz CT molecular complexity index is 636. The third kappa shape index (κ3) is 3.76. The summed E-state index contributed by atoms with van der Waals surface area (Å²) in [5.41, 5.74) is 1.85. The average Bonchev–Trinajstić information content (AvgIpc) is 2.45. The molecule has 0 saturated heterocycles. The summed E-state index contributed by atoms with van der Waals surface area (Å²) in [7, 11) is 1.62. The third-order valence-electron chi connectivity index (χ3n) is 3.18. The van der Waals surface area contributed by atoms with Crippen LogP contribution in [0.4, 0.5) is 4.39 Å². The molecule has 2 rings (SSSR count). The molecule has 2 aromatic carbocycles. The predicted molar refractivity (Wildman–Crippen MR) is 87.6 cm³/mol. The standard InChI is InChI=1S/C16H16BrClFNO/c1-3-20-16(12-6-5-11(19)9-14(12)17)13-8-10(18)4-7-15(13)21-2/h4-9,16,20H,3H2,1-2H3. The Balaban J connectivity index is 2.55. The highest BCUT2D eigenvalue weighted by atomic mass is 79.9. The number of hydrogen-bond acceptors (Lipinski definition) is 2. The van der Waals surface area contributed by atoms with Gasteiger partial charge in [-0.2, -0.15) is 0 Å². The highest BCUT2D eigenvalue weighted by Crippen LogP contribution is 2.35. The second kappa shape index (κ2) is 7.25. The first-order valence-corrected chi connectivity index (χ1v) is 7.75. The van der Waals surface area contributed by atoms with Gasteiger partial charge in [-0.15, -0.1) is 0 Å². The maximum absolute atomic E-state index is 13.3. The van der Waals surface area contributed by atoms with Gasteiger partial charge in [0.2, 0.25) is 0 Å². The van der Waals surface area contributed by atoms with Crippen LogP contribution in [0, 0.1) is 5.82 Å². The molecule has 0 heterocycles. The summed E-state index contributed by atoms with van der Waals surface area (Å²) in [4.78, 5) is 0. The van der Waals surface area contributed by atoms with Crippen molar-refractivity contribution in [3.63, 3.8) is 0 Å². The van der Waals surface area contributed by atoms with Crippen molar-refractivity contribution in [1.82, 2.24) is 5.32 Å². The highest BCUT2D eigenvalue weighted by Gasteiger charge is 2.20. The van der Waals surface area contributed by atoms with Gasteiger partial charge < -0.3 is 10.1 Å². The Kier molecular flexibility index (Phi) is 5.62. The van der Waals surface area contributed by atoms with Gasteiger partial charge in [0.1, 0.15) is 11.6 Å². The lowest BCUT2D eigenvalue weighted by molar-refractivity contribution is 0.404. The van der Waals surface area contributed by atoms with E-state index < -0.39 is 0 Å². The summed E-state index contributed by atoms with van der Waals surface area (Å²) in [5, 5.41) is 4.02. The van der Waals surface area contributed by atoms with Gasteiger partial charge >= 0.3 is 0 Å². The molecular weight excluding hydrogens is 357 g/mol. The van der Waals surface area contributed by atoms with Crippen LogP contribution in [0.5, 0.6) is 5.75 Å². The Labute approximate surface area is 137 Å². The smallest absolute Gasteiger partial charge is 0.124 e. The second-order valence-corrected chi connectivity index (χ2v) is 5.83. The van der Waals surface area contributed by atoms with Crippen LogP contribution in [0.3, 0.4) is 0 Å². The molecule has 0 saturated carbocycles. The van der Waals surface area contributed by atoms with Gasteiger partial charge in [0.25, 0.3) is 0 Å². The van der Waals surface area contributed by atoms with Crippen molar-refractivity contribution in [2.75, 3.05) is 13.7 Å². The molecule has 1 N–H and O–H groups in total. The molecule has 0 aliphatic carbocycles. The lowest BCUT2D eigenvalue weighted by atomic mass is 9.97. The zero-order valence-electron chi connectivity index (χ0n) is 11.8. The van der Waals surface area contributed by atoms with Gasteiger partial charge in [-0.05, 0) is 42.4 Å². The Morgan fingerprint density at radius 2 is 2.00 bits per heavy atom. The van der Waals surface area contributed by atoms with Gasteiger partial charge in [0.15, 0.2) is 0 Å². The third-order valence-corrected chi connectivity index (χ3v) is 4.11. The molecule has 0 aliphatic heterocycles. The second-order valence-electron chi connectivity index (χ2n) is 4.54. The van der Waals surface area contributed by atoms with Crippen LogP contribution < -0.4 is 10.1 Å². The summed E-state index contributed by atoms with van der Waals surface area (Å²) < 4.78 is 19.4. The molecular formula is C16H16BrClFNO. The molecule has 2 nitrogen and oxygen atoms in total. The molecule has 2 aromatic rings. The number of nitrogens with one attached hydrogen (secondary N) is 1. The van der Waals surface area contributed by atoms with Crippen LogP contribution in [-0.4, -0.2) is 13.7 Å². The first-order valence-electron chi connectivity index (χ1n) is 6.58.